The van der Waals surface area contributed by atoms with Crippen molar-refractivity contribution in [3.63, 3.8) is 0 Å². The second-order valence-electron chi connectivity index (χ2n) is 13.2. The van der Waals surface area contributed by atoms with Gasteiger partial charge in [0.15, 0.2) is 0 Å². The van der Waals surface area contributed by atoms with Crippen LogP contribution in [0, 0.1) is 13.8 Å². The highest BCUT2D eigenvalue weighted by atomic mass is 15.1. The molecule has 0 radical (unpaired) electrons. The highest BCUT2D eigenvalue weighted by Gasteiger charge is 2.24. The molecule has 0 atom stereocenters. The van der Waals surface area contributed by atoms with Gasteiger partial charge in [0, 0.05) is 33.5 Å². The van der Waals surface area contributed by atoms with Gasteiger partial charge >= 0.3 is 0 Å². The molecule has 2 heteroatoms. The third-order valence-electron chi connectivity index (χ3n) is 10.1. The summed E-state index contributed by atoms with van der Waals surface area (Å²) in [4.78, 5) is 2.37. The summed E-state index contributed by atoms with van der Waals surface area (Å²) in [6.07, 6.45) is 0. The van der Waals surface area contributed by atoms with E-state index in [1.54, 1.807) is 0 Å². The maximum atomic E-state index is 2.40. The minimum atomic E-state index is 1.15. The second kappa shape index (κ2) is 10.2. The zero-order chi connectivity index (χ0) is 31.9. The molecule has 2 nitrogen and oxygen atoms in total. The molecule has 1 aliphatic carbocycles. The highest BCUT2D eigenvalue weighted by Crippen LogP contribution is 2.51. The van der Waals surface area contributed by atoms with Crippen LogP contribution in [0.3, 0.4) is 0 Å². The topological polar surface area (TPSA) is 8.17 Å². The molecule has 0 N–H and O–H groups in total. The van der Waals surface area contributed by atoms with E-state index >= 15 is 0 Å². The Hall–Kier alpha value is -6.12. The fourth-order valence-corrected chi connectivity index (χ4v) is 7.98. The quantitative estimate of drug-likeness (QED) is 0.192. The minimum Gasteiger partial charge on any atom is -0.310 e. The number of para-hydroxylation sites is 3. The molecule has 0 saturated carbocycles. The van der Waals surface area contributed by atoms with Crippen molar-refractivity contribution in [2.45, 2.75) is 13.8 Å². The van der Waals surface area contributed by atoms with Gasteiger partial charge < -0.3 is 9.47 Å². The zero-order valence-electron chi connectivity index (χ0n) is 26.9. The van der Waals surface area contributed by atoms with Crippen LogP contribution in [0.25, 0.3) is 71.3 Å². The first-order chi connectivity index (χ1) is 23.6. The Morgan fingerprint density at radius 1 is 0.375 bits per heavy atom. The van der Waals surface area contributed by atoms with E-state index in [4.69, 9.17) is 0 Å². The first-order valence-electron chi connectivity index (χ1n) is 16.7. The normalized spacial score (nSPS) is 12.0. The summed E-state index contributed by atoms with van der Waals surface area (Å²) < 4.78 is 2.40. The number of hydrogen-bond donors (Lipinski definition) is 0. The van der Waals surface area contributed by atoms with Crippen LogP contribution in [0.4, 0.5) is 17.1 Å². The van der Waals surface area contributed by atoms with Crippen LogP contribution in [0.5, 0.6) is 0 Å². The molecule has 0 amide bonds. The monoisotopic (exact) mass is 612 g/mol. The summed E-state index contributed by atoms with van der Waals surface area (Å²) in [6, 6.07) is 58.2. The molecule has 1 aromatic heterocycles. The first kappa shape index (κ1) is 27.0. The third-order valence-corrected chi connectivity index (χ3v) is 10.1. The highest BCUT2D eigenvalue weighted by molar-refractivity contribution is 6.13. The molecule has 1 heterocycles. The largest absolute Gasteiger partial charge is 0.310 e. The van der Waals surface area contributed by atoms with Crippen molar-refractivity contribution in [3.05, 3.63) is 169 Å². The van der Waals surface area contributed by atoms with Crippen LogP contribution in [0.15, 0.2) is 158 Å². The molecule has 226 valence electrons. The number of aromatic nitrogens is 1. The van der Waals surface area contributed by atoms with Crippen LogP contribution in [0.1, 0.15) is 11.1 Å². The molecule has 9 aromatic rings. The van der Waals surface area contributed by atoms with E-state index in [2.05, 4.69) is 181 Å². The molecular formula is C46H32N2. The SMILES string of the molecule is Cc1cc(C)cc(N(c2ccccc2)c2ccc3cc4c(cc3c2)-c2cc3cc(-n5c6ccccc6c6ccccc65)ccc3cc2-4)c1. The number of nitrogens with zero attached hydrogens (tertiary/aromatic N) is 2. The number of hydrogen-bond acceptors (Lipinski definition) is 1. The number of benzene rings is 8. The van der Waals surface area contributed by atoms with Crippen molar-refractivity contribution in [2.75, 3.05) is 4.90 Å². The fourth-order valence-electron chi connectivity index (χ4n) is 7.98. The Balaban J connectivity index is 1.09. The van der Waals surface area contributed by atoms with Crippen molar-refractivity contribution in [1.82, 2.24) is 4.57 Å². The third kappa shape index (κ3) is 4.06. The van der Waals surface area contributed by atoms with Gasteiger partial charge in [0.1, 0.15) is 0 Å². The average Bonchev–Trinajstić information content (AvgIpc) is 3.45. The predicted molar refractivity (Wildman–Crippen MR) is 204 cm³/mol. The summed E-state index contributed by atoms with van der Waals surface area (Å²) in [7, 11) is 0. The van der Waals surface area contributed by atoms with E-state index in [-0.39, 0.29) is 0 Å². The van der Waals surface area contributed by atoms with E-state index in [9.17, 15) is 0 Å². The molecule has 0 fully saturated rings. The Kier molecular flexibility index (Phi) is 5.74. The maximum absolute atomic E-state index is 2.40. The lowest BCUT2D eigenvalue weighted by Crippen LogP contribution is -2.10. The number of aryl methyl sites for hydroxylation is 2. The summed E-state index contributed by atoms with van der Waals surface area (Å²) in [5.74, 6) is 0. The molecular weight excluding hydrogens is 581 g/mol. The van der Waals surface area contributed by atoms with Gasteiger partial charge in [-0.15, -0.1) is 0 Å². The van der Waals surface area contributed by atoms with Crippen LogP contribution < -0.4 is 4.90 Å². The van der Waals surface area contributed by atoms with E-state index in [0.717, 1.165) is 11.4 Å². The number of rotatable bonds is 4. The van der Waals surface area contributed by atoms with Crippen LogP contribution in [0.2, 0.25) is 0 Å². The molecule has 48 heavy (non-hydrogen) atoms. The fraction of sp³-hybridized carbons (Fsp3) is 0.0435. The Morgan fingerprint density at radius 3 is 1.52 bits per heavy atom. The van der Waals surface area contributed by atoms with E-state index in [0.29, 0.717) is 0 Å². The van der Waals surface area contributed by atoms with Crippen molar-refractivity contribution in [3.8, 4) is 27.9 Å². The lowest BCUT2D eigenvalue weighted by Gasteiger charge is -2.28. The van der Waals surface area contributed by atoms with Gasteiger partial charge in [-0.3, -0.25) is 0 Å². The Morgan fingerprint density at radius 2 is 0.896 bits per heavy atom. The number of anilines is 3. The predicted octanol–water partition coefficient (Wildman–Crippen LogP) is 12.8. The minimum absolute atomic E-state index is 1.15. The van der Waals surface area contributed by atoms with E-state index in [1.165, 1.54) is 88.1 Å². The van der Waals surface area contributed by atoms with E-state index in [1.807, 2.05) is 0 Å². The summed E-state index contributed by atoms with van der Waals surface area (Å²) in [6.45, 7) is 4.35. The van der Waals surface area contributed by atoms with Gasteiger partial charge in [-0.25, -0.2) is 0 Å². The molecule has 0 saturated heterocycles. The van der Waals surface area contributed by atoms with Crippen molar-refractivity contribution in [2.24, 2.45) is 0 Å². The van der Waals surface area contributed by atoms with Crippen molar-refractivity contribution >= 4 is 60.4 Å². The first-order valence-corrected chi connectivity index (χ1v) is 16.7. The van der Waals surface area contributed by atoms with Gasteiger partial charge in [-0.1, -0.05) is 72.8 Å². The summed E-state index contributed by atoms with van der Waals surface area (Å²) >= 11 is 0. The van der Waals surface area contributed by atoms with Gasteiger partial charge in [0.2, 0.25) is 0 Å². The Labute approximate surface area is 279 Å². The van der Waals surface area contributed by atoms with Crippen LogP contribution in [-0.2, 0) is 0 Å². The van der Waals surface area contributed by atoms with Gasteiger partial charge in [-0.05, 0) is 154 Å². The van der Waals surface area contributed by atoms with Crippen LogP contribution >= 0.6 is 0 Å². The molecule has 1 aliphatic rings. The van der Waals surface area contributed by atoms with E-state index < -0.39 is 0 Å². The summed E-state index contributed by atoms with van der Waals surface area (Å²) in [5, 5.41) is 7.62. The molecule has 8 aromatic carbocycles. The smallest absolute Gasteiger partial charge is 0.0541 e. The second-order valence-corrected chi connectivity index (χ2v) is 13.2. The number of fused-ring (bicyclic) bond motifs is 9. The van der Waals surface area contributed by atoms with Crippen LogP contribution in [-0.4, -0.2) is 4.57 Å². The average molecular weight is 613 g/mol. The zero-order valence-corrected chi connectivity index (χ0v) is 26.9. The maximum Gasteiger partial charge on any atom is 0.0541 e. The summed E-state index contributed by atoms with van der Waals surface area (Å²) in [5.41, 5.74) is 15.0. The molecule has 0 aliphatic heterocycles. The Bertz CT molecular complexity index is 2680. The van der Waals surface area contributed by atoms with Gasteiger partial charge in [-0.2, -0.15) is 0 Å². The van der Waals surface area contributed by atoms with Gasteiger partial charge in [0.25, 0.3) is 0 Å². The molecule has 0 unspecified atom stereocenters. The van der Waals surface area contributed by atoms with Crippen molar-refractivity contribution in [1.29, 1.82) is 0 Å². The van der Waals surface area contributed by atoms with Crippen molar-refractivity contribution < 1.29 is 0 Å². The molecule has 0 spiro atoms. The lowest BCUT2D eigenvalue weighted by atomic mass is 9.78. The molecule has 10 rings (SSSR count). The lowest BCUT2D eigenvalue weighted by molar-refractivity contribution is 1.19. The standard InChI is InChI=1S/C46H32N2/c1-29-20-30(2)22-38(21-29)47(35-10-4-3-5-11-35)36-18-16-31-25-41-42-26-32-17-19-37(24-34(32)28-44(42)43(41)27-33(31)23-36)48-45-14-8-6-12-39(45)40-13-7-9-15-46(40)48/h3-28H,1-2H3. The van der Waals surface area contributed by atoms with Gasteiger partial charge in [0.05, 0.1) is 11.0 Å². The molecule has 0 bridgehead atoms.